The molecule has 148 valence electrons. The minimum atomic E-state index is -0.492. The van der Waals surface area contributed by atoms with Gasteiger partial charge in [-0.15, -0.1) is 0 Å². The number of alkyl carbamates (subject to hydrolysis) is 1. The quantitative estimate of drug-likeness (QED) is 0.535. The smallest absolute Gasteiger partial charge is 0.407 e. The number of fused-ring (bicyclic) bond motifs is 2. The Labute approximate surface area is 175 Å². The molecule has 0 aromatic heterocycles. The third-order valence-corrected chi connectivity index (χ3v) is 7.81. The lowest BCUT2D eigenvalue weighted by Crippen LogP contribution is -2.49. The number of hydrogen-bond acceptors (Lipinski definition) is 3. The number of rotatable bonds is 1. The van der Waals surface area contributed by atoms with Crippen molar-refractivity contribution in [1.29, 1.82) is 0 Å². The van der Waals surface area contributed by atoms with Crippen molar-refractivity contribution in [2.24, 2.45) is 11.3 Å². The fourth-order valence-electron chi connectivity index (χ4n) is 6.25. The molecule has 2 bridgehead atoms. The van der Waals surface area contributed by atoms with Crippen LogP contribution in [0.3, 0.4) is 0 Å². The Morgan fingerprint density at radius 3 is 2.78 bits per heavy atom. The number of halogens is 1. The summed E-state index contributed by atoms with van der Waals surface area (Å²) in [4.78, 5) is 12.6. The Hall–Kier alpha value is -0.980. The van der Waals surface area contributed by atoms with Gasteiger partial charge in [0.2, 0.25) is 0 Å². The van der Waals surface area contributed by atoms with Crippen molar-refractivity contribution in [2.45, 2.75) is 83.3 Å². The number of carbonyl (C=O) groups is 1. The van der Waals surface area contributed by atoms with Gasteiger partial charge in [-0.3, -0.25) is 0 Å². The van der Waals surface area contributed by atoms with Crippen LogP contribution in [0.4, 0.5) is 4.79 Å². The van der Waals surface area contributed by atoms with Gasteiger partial charge in [-0.1, -0.05) is 19.8 Å². The molecule has 1 amide bonds. The van der Waals surface area contributed by atoms with E-state index in [4.69, 9.17) is 4.74 Å². The van der Waals surface area contributed by atoms with Gasteiger partial charge in [0, 0.05) is 11.5 Å². The van der Waals surface area contributed by atoms with Crippen LogP contribution in [0.15, 0.2) is 12.1 Å². The number of phenolic OH excluding ortho intramolecular Hbond substituents is 1. The molecule has 1 unspecified atom stereocenters. The third kappa shape index (κ3) is 3.14. The number of phenols is 1. The standard InChI is InChI=1S/C22H30INO3/c1-20(2,3)27-19(26)24-18-14-7-5-6-8-22(14)12-21(18,4)11-13-9-16(23)17(25)10-15(13)22/h9-10,14,18,25H,5-8,11-12H2,1-4H3,(H,24,26)/t14-,18-,21?,22+/m1/s1. The lowest BCUT2D eigenvalue weighted by atomic mass is 9.60. The molecule has 3 aliphatic rings. The van der Waals surface area contributed by atoms with Crippen molar-refractivity contribution in [2.75, 3.05) is 0 Å². The maximum atomic E-state index is 12.6. The molecule has 4 atom stereocenters. The highest BCUT2D eigenvalue weighted by molar-refractivity contribution is 14.1. The van der Waals surface area contributed by atoms with E-state index < -0.39 is 5.60 Å². The summed E-state index contributed by atoms with van der Waals surface area (Å²) >= 11 is 2.22. The summed E-state index contributed by atoms with van der Waals surface area (Å²) in [5.41, 5.74) is 2.29. The number of hydrogen-bond donors (Lipinski definition) is 2. The average Bonchev–Trinajstić information content (AvgIpc) is 2.74. The van der Waals surface area contributed by atoms with Gasteiger partial charge in [0.1, 0.15) is 11.4 Å². The zero-order valence-corrected chi connectivity index (χ0v) is 18.9. The molecule has 1 aromatic rings. The maximum absolute atomic E-state index is 12.6. The van der Waals surface area contributed by atoms with Crippen LogP contribution in [0.25, 0.3) is 0 Å². The Morgan fingerprint density at radius 2 is 2.07 bits per heavy atom. The molecular weight excluding hydrogens is 453 g/mol. The SMILES string of the molecule is CC(C)(C)OC(=O)N[C@@H]1[C@H]2CCCC[C@]23CC1(C)Cc1cc(I)c(O)cc13. The lowest BCUT2D eigenvalue weighted by Gasteiger charge is -2.44. The van der Waals surface area contributed by atoms with E-state index >= 15 is 0 Å². The Morgan fingerprint density at radius 1 is 1.33 bits per heavy atom. The number of benzene rings is 1. The van der Waals surface area contributed by atoms with E-state index in [-0.39, 0.29) is 23.0 Å². The van der Waals surface area contributed by atoms with Gasteiger partial charge in [-0.25, -0.2) is 4.79 Å². The van der Waals surface area contributed by atoms with E-state index in [1.807, 2.05) is 26.8 Å². The molecular formula is C22H30INO3. The van der Waals surface area contributed by atoms with Gasteiger partial charge in [0.05, 0.1) is 3.57 Å². The largest absolute Gasteiger partial charge is 0.507 e. The molecule has 3 aliphatic carbocycles. The molecule has 0 aliphatic heterocycles. The molecule has 0 radical (unpaired) electrons. The first-order chi connectivity index (χ1) is 12.5. The summed E-state index contributed by atoms with van der Waals surface area (Å²) in [5, 5.41) is 13.7. The number of carbonyl (C=O) groups excluding carboxylic acids is 1. The summed E-state index contributed by atoms with van der Waals surface area (Å²) in [6.45, 7) is 8.05. The maximum Gasteiger partial charge on any atom is 0.407 e. The summed E-state index contributed by atoms with van der Waals surface area (Å²) in [7, 11) is 0. The molecule has 0 heterocycles. The molecule has 5 heteroatoms. The number of aromatic hydroxyl groups is 1. The molecule has 4 nitrogen and oxygen atoms in total. The van der Waals surface area contributed by atoms with Crippen LogP contribution in [0.5, 0.6) is 5.75 Å². The first-order valence-electron chi connectivity index (χ1n) is 10.1. The lowest BCUT2D eigenvalue weighted by molar-refractivity contribution is 0.0437. The minimum Gasteiger partial charge on any atom is -0.507 e. The van der Waals surface area contributed by atoms with Crippen molar-refractivity contribution in [3.8, 4) is 5.75 Å². The second kappa shape index (κ2) is 6.26. The molecule has 1 aromatic carbocycles. The van der Waals surface area contributed by atoms with Gasteiger partial charge >= 0.3 is 6.09 Å². The molecule has 2 saturated carbocycles. The van der Waals surface area contributed by atoms with Crippen LogP contribution in [-0.2, 0) is 16.6 Å². The van der Waals surface area contributed by atoms with Crippen LogP contribution in [0, 0.1) is 14.9 Å². The van der Waals surface area contributed by atoms with Crippen molar-refractivity contribution >= 4 is 28.7 Å². The minimum absolute atomic E-state index is 0.0267. The number of amides is 1. The van der Waals surface area contributed by atoms with Crippen molar-refractivity contribution in [3.05, 3.63) is 26.8 Å². The van der Waals surface area contributed by atoms with Crippen molar-refractivity contribution in [3.63, 3.8) is 0 Å². The van der Waals surface area contributed by atoms with E-state index in [1.165, 1.54) is 24.0 Å². The number of ether oxygens (including phenoxy) is 1. The van der Waals surface area contributed by atoms with Crippen LogP contribution in [0.1, 0.15) is 70.9 Å². The predicted octanol–water partition coefficient (Wildman–Crippen LogP) is 5.28. The van der Waals surface area contributed by atoms with Gasteiger partial charge in [-0.05, 0) is 104 Å². The van der Waals surface area contributed by atoms with Crippen LogP contribution >= 0.6 is 22.6 Å². The average molecular weight is 483 g/mol. The van der Waals surface area contributed by atoms with E-state index in [1.54, 1.807) is 0 Å². The fraction of sp³-hybridized carbons (Fsp3) is 0.682. The number of nitrogens with one attached hydrogen (secondary N) is 1. The van der Waals surface area contributed by atoms with Crippen LogP contribution in [-0.4, -0.2) is 22.8 Å². The predicted molar refractivity (Wildman–Crippen MR) is 114 cm³/mol. The molecule has 2 N–H and O–H groups in total. The van der Waals surface area contributed by atoms with Crippen molar-refractivity contribution in [1.82, 2.24) is 5.32 Å². The third-order valence-electron chi connectivity index (χ3n) is 6.95. The van der Waals surface area contributed by atoms with Gasteiger partial charge < -0.3 is 15.2 Å². The zero-order valence-electron chi connectivity index (χ0n) is 16.7. The van der Waals surface area contributed by atoms with Gasteiger partial charge in [0.25, 0.3) is 0 Å². The molecule has 4 rings (SSSR count). The first kappa shape index (κ1) is 19.3. The zero-order chi connectivity index (χ0) is 19.6. The first-order valence-corrected chi connectivity index (χ1v) is 11.1. The van der Waals surface area contributed by atoms with Gasteiger partial charge in [0.15, 0.2) is 0 Å². The van der Waals surface area contributed by atoms with Gasteiger partial charge in [-0.2, -0.15) is 0 Å². The highest BCUT2D eigenvalue weighted by atomic mass is 127. The summed E-state index contributed by atoms with van der Waals surface area (Å²) in [6.07, 6.45) is 6.42. The second-order valence-electron chi connectivity index (χ2n) is 10.1. The van der Waals surface area contributed by atoms with E-state index in [9.17, 15) is 9.90 Å². The fourth-order valence-corrected chi connectivity index (χ4v) is 6.78. The topological polar surface area (TPSA) is 58.6 Å². The monoisotopic (exact) mass is 483 g/mol. The normalized spacial score (nSPS) is 34.6. The van der Waals surface area contributed by atoms with Crippen molar-refractivity contribution < 1.29 is 14.6 Å². The summed E-state index contributed by atoms with van der Waals surface area (Å²) in [6, 6.07) is 4.29. The Balaban J connectivity index is 1.74. The Kier molecular flexibility index (Phi) is 4.48. The second-order valence-corrected chi connectivity index (χ2v) is 11.3. The van der Waals surface area contributed by atoms with E-state index in [2.05, 4.69) is 40.9 Å². The summed E-state index contributed by atoms with van der Waals surface area (Å²) < 4.78 is 6.51. The molecule has 27 heavy (non-hydrogen) atoms. The van der Waals surface area contributed by atoms with Crippen LogP contribution in [0.2, 0.25) is 0 Å². The molecule has 2 fully saturated rings. The van der Waals surface area contributed by atoms with E-state index in [0.717, 1.165) is 29.3 Å². The molecule has 1 spiro atoms. The van der Waals surface area contributed by atoms with Crippen LogP contribution < -0.4 is 5.32 Å². The Bertz CT molecular complexity index is 786. The molecule has 0 saturated heterocycles. The highest BCUT2D eigenvalue weighted by Crippen LogP contribution is 2.65. The van der Waals surface area contributed by atoms with E-state index in [0.29, 0.717) is 11.7 Å². The highest BCUT2D eigenvalue weighted by Gasteiger charge is 2.63. The summed E-state index contributed by atoms with van der Waals surface area (Å²) in [5.74, 6) is 0.796.